The molecule has 4 heteroatoms. The van der Waals surface area contributed by atoms with Crippen LogP contribution in [0.1, 0.15) is 37.4 Å². The minimum atomic E-state index is -0.246. The van der Waals surface area contributed by atoms with E-state index in [9.17, 15) is 4.79 Å². The van der Waals surface area contributed by atoms with Gasteiger partial charge in [-0.3, -0.25) is 0 Å². The number of hydrogen-bond acceptors (Lipinski definition) is 2. The molecule has 2 amide bonds. The van der Waals surface area contributed by atoms with Gasteiger partial charge in [0.2, 0.25) is 0 Å². The van der Waals surface area contributed by atoms with Crippen LogP contribution in [0, 0.1) is 6.92 Å². The summed E-state index contributed by atoms with van der Waals surface area (Å²) in [6, 6.07) is 7.57. The van der Waals surface area contributed by atoms with Crippen LogP contribution in [0.4, 0.5) is 4.79 Å². The fourth-order valence-corrected chi connectivity index (χ4v) is 1.64. The number of hydrogen-bond donors (Lipinski definition) is 3. The Labute approximate surface area is 108 Å². The number of amides is 2. The highest BCUT2D eigenvalue weighted by Crippen LogP contribution is 2.12. The summed E-state index contributed by atoms with van der Waals surface area (Å²) < 4.78 is 0. The lowest BCUT2D eigenvalue weighted by Gasteiger charge is -2.18. The Morgan fingerprint density at radius 1 is 1.28 bits per heavy atom. The predicted octanol–water partition coefficient (Wildman–Crippen LogP) is 2.13. The summed E-state index contributed by atoms with van der Waals surface area (Å²) in [5.41, 5.74) is 2.26. The van der Waals surface area contributed by atoms with Gasteiger partial charge in [0.05, 0.1) is 18.7 Å². The van der Waals surface area contributed by atoms with Crippen LogP contribution in [0.5, 0.6) is 0 Å². The number of benzene rings is 1. The molecule has 0 aromatic heterocycles. The minimum absolute atomic E-state index is 0.0389. The molecular weight excluding hydrogens is 228 g/mol. The van der Waals surface area contributed by atoms with Crippen LogP contribution >= 0.6 is 0 Å². The molecule has 0 radical (unpaired) electrons. The number of aliphatic hydroxyl groups excluding tert-OH is 1. The van der Waals surface area contributed by atoms with E-state index in [0.29, 0.717) is 6.42 Å². The van der Waals surface area contributed by atoms with Gasteiger partial charge in [0.15, 0.2) is 0 Å². The first-order chi connectivity index (χ1) is 8.56. The lowest BCUT2D eigenvalue weighted by molar-refractivity contribution is 0.212. The Balaban J connectivity index is 2.51. The van der Waals surface area contributed by atoms with Gasteiger partial charge >= 0.3 is 6.03 Å². The van der Waals surface area contributed by atoms with Crippen molar-refractivity contribution in [3.63, 3.8) is 0 Å². The molecule has 0 aliphatic carbocycles. The zero-order valence-corrected chi connectivity index (χ0v) is 11.2. The molecule has 1 rings (SSSR count). The lowest BCUT2D eigenvalue weighted by atomic mass is 10.1. The van der Waals surface area contributed by atoms with Crippen molar-refractivity contribution in [3.8, 4) is 0 Å². The molecule has 0 heterocycles. The summed E-state index contributed by atoms with van der Waals surface area (Å²) >= 11 is 0. The Morgan fingerprint density at radius 2 is 1.89 bits per heavy atom. The number of carbonyl (C=O) groups is 1. The normalized spacial score (nSPS) is 13.8. The van der Waals surface area contributed by atoms with Crippen molar-refractivity contribution in [2.45, 2.75) is 39.3 Å². The average molecular weight is 250 g/mol. The Kier molecular flexibility index (Phi) is 5.65. The fourth-order valence-electron chi connectivity index (χ4n) is 1.64. The van der Waals surface area contributed by atoms with Gasteiger partial charge in [0, 0.05) is 0 Å². The van der Waals surface area contributed by atoms with Crippen molar-refractivity contribution in [2.24, 2.45) is 0 Å². The van der Waals surface area contributed by atoms with E-state index in [1.165, 1.54) is 5.56 Å². The van der Waals surface area contributed by atoms with Gasteiger partial charge in [0.1, 0.15) is 0 Å². The SMILES string of the molecule is CCC(CO)NC(=O)NC(C)c1ccc(C)cc1. The van der Waals surface area contributed by atoms with E-state index in [-0.39, 0.29) is 24.7 Å². The van der Waals surface area contributed by atoms with Crippen molar-refractivity contribution < 1.29 is 9.90 Å². The molecule has 0 bridgehead atoms. The summed E-state index contributed by atoms with van der Waals surface area (Å²) in [5, 5.41) is 14.6. The summed E-state index contributed by atoms with van der Waals surface area (Å²) in [4.78, 5) is 11.7. The molecule has 18 heavy (non-hydrogen) atoms. The third kappa shape index (κ3) is 4.37. The average Bonchev–Trinajstić information content (AvgIpc) is 2.36. The molecule has 0 saturated carbocycles. The zero-order valence-electron chi connectivity index (χ0n) is 11.2. The van der Waals surface area contributed by atoms with Crippen LogP contribution < -0.4 is 10.6 Å². The molecule has 0 spiro atoms. The molecule has 3 N–H and O–H groups in total. The second-order valence-corrected chi connectivity index (χ2v) is 4.54. The van der Waals surface area contributed by atoms with Gasteiger partial charge in [-0.05, 0) is 25.8 Å². The standard InChI is InChI=1S/C14H22N2O2/c1-4-13(9-17)16-14(18)15-11(3)12-7-5-10(2)6-8-12/h5-8,11,13,17H,4,9H2,1-3H3,(H2,15,16,18). The first-order valence-corrected chi connectivity index (χ1v) is 6.31. The van der Waals surface area contributed by atoms with E-state index in [1.807, 2.05) is 45.0 Å². The lowest BCUT2D eigenvalue weighted by Crippen LogP contribution is -2.44. The van der Waals surface area contributed by atoms with Crippen molar-refractivity contribution >= 4 is 6.03 Å². The number of carbonyl (C=O) groups excluding carboxylic acids is 1. The van der Waals surface area contributed by atoms with Gasteiger partial charge in [-0.1, -0.05) is 36.8 Å². The van der Waals surface area contributed by atoms with Crippen molar-refractivity contribution in [3.05, 3.63) is 35.4 Å². The number of aryl methyl sites for hydroxylation is 1. The zero-order chi connectivity index (χ0) is 13.5. The summed E-state index contributed by atoms with van der Waals surface area (Å²) in [7, 11) is 0. The molecule has 1 aromatic rings. The van der Waals surface area contributed by atoms with Crippen LogP contribution in [0.2, 0.25) is 0 Å². The molecule has 2 unspecified atom stereocenters. The maximum Gasteiger partial charge on any atom is 0.315 e. The topological polar surface area (TPSA) is 61.4 Å². The van der Waals surface area contributed by atoms with Crippen LogP contribution in [0.25, 0.3) is 0 Å². The molecular formula is C14H22N2O2. The monoisotopic (exact) mass is 250 g/mol. The Morgan fingerprint density at radius 3 is 2.39 bits per heavy atom. The van der Waals surface area contributed by atoms with E-state index in [4.69, 9.17) is 5.11 Å². The van der Waals surface area contributed by atoms with Gasteiger partial charge in [-0.15, -0.1) is 0 Å². The number of nitrogens with one attached hydrogen (secondary N) is 2. The van der Waals surface area contributed by atoms with Gasteiger partial charge in [0.25, 0.3) is 0 Å². The highest BCUT2D eigenvalue weighted by Gasteiger charge is 2.12. The van der Waals surface area contributed by atoms with Crippen LogP contribution in [-0.4, -0.2) is 23.8 Å². The van der Waals surface area contributed by atoms with E-state index < -0.39 is 0 Å². The summed E-state index contributed by atoms with van der Waals surface area (Å²) in [6.07, 6.45) is 0.711. The smallest absolute Gasteiger partial charge is 0.315 e. The highest BCUT2D eigenvalue weighted by atomic mass is 16.3. The molecule has 4 nitrogen and oxygen atoms in total. The Bertz CT molecular complexity index is 372. The van der Waals surface area contributed by atoms with Crippen LogP contribution in [0.3, 0.4) is 0 Å². The maximum atomic E-state index is 11.7. The number of rotatable bonds is 5. The molecule has 0 fully saturated rings. The van der Waals surface area contributed by atoms with Gasteiger partial charge < -0.3 is 15.7 Å². The molecule has 100 valence electrons. The fraction of sp³-hybridized carbons (Fsp3) is 0.500. The van der Waals surface area contributed by atoms with E-state index in [0.717, 1.165) is 5.56 Å². The second kappa shape index (κ2) is 7.01. The largest absolute Gasteiger partial charge is 0.394 e. The quantitative estimate of drug-likeness (QED) is 0.749. The van der Waals surface area contributed by atoms with Crippen LogP contribution in [0.15, 0.2) is 24.3 Å². The van der Waals surface area contributed by atoms with Crippen molar-refractivity contribution in [2.75, 3.05) is 6.61 Å². The highest BCUT2D eigenvalue weighted by molar-refractivity contribution is 5.74. The van der Waals surface area contributed by atoms with Crippen molar-refractivity contribution in [1.29, 1.82) is 0 Å². The Hall–Kier alpha value is -1.55. The number of aliphatic hydroxyl groups is 1. The van der Waals surface area contributed by atoms with E-state index in [1.54, 1.807) is 0 Å². The van der Waals surface area contributed by atoms with E-state index >= 15 is 0 Å². The van der Waals surface area contributed by atoms with Crippen LogP contribution in [-0.2, 0) is 0 Å². The third-order valence-electron chi connectivity index (χ3n) is 2.97. The van der Waals surface area contributed by atoms with E-state index in [2.05, 4.69) is 10.6 Å². The first kappa shape index (κ1) is 14.5. The first-order valence-electron chi connectivity index (χ1n) is 6.31. The summed E-state index contributed by atoms with van der Waals surface area (Å²) in [6.45, 7) is 5.85. The molecule has 0 saturated heterocycles. The third-order valence-corrected chi connectivity index (χ3v) is 2.97. The molecule has 2 atom stereocenters. The van der Waals surface area contributed by atoms with Crippen molar-refractivity contribution in [1.82, 2.24) is 10.6 Å². The molecule has 0 aliphatic rings. The second-order valence-electron chi connectivity index (χ2n) is 4.54. The minimum Gasteiger partial charge on any atom is -0.394 e. The summed E-state index contributed by atoms with van der Waals surface area (Å²) in [5.74, 6) is 0. The maximum absolute atomic E-state index is 11.7. The molecule has 0 aliphatic heterocycles. The van der Waals surface area contributed by atoms with Gasteiger partial charge in [-0.2, -0.15) is 0 Å². The number of urea groups is 1. The molecule has 1 aromatic carbocycles. The van der Waals surface area contributed by atoms with Gasteiger partial charge in [-0.25, -0.2) is 4.79 Å². The predicted molar refractivity (Wildman–Crippen MR) is 72.4 cm³/mol.